The lowest BCUT2D eigenvalue weighted by Gasteiger charge is -2.10. The van der Waals surface area contributed by atoms with Crippen molar-refractivity contribution in [1.82, 2.24) is 14.9 Å². The third-order valence-corrected chi connectivity index (χ3v) is 4.35. The second-order valence-electron chi connectivity index (χ2n) is 5.80. The van der Waals surface area contributed by atoms with E-state index in [1.54, 1.807) is 0 Å². The number of nitrogens with zero attached hydrogens (tertiary/aromatic N) is 2. The Hall–Kier alpha value is -1.35. The zero-order valence-corrected chi connectivity index (χ0v) is 11.9. The molecule has 1 aromatic carbocycles. The first-order valence-electron chi connectivity index (χ1n) is 7.39. The molecular weight excluding hydrogens is 234 g/mol. The van der Waals surface area contributed by atoms with Crippen molar-refractivity contribution in [1.29, 1.82) is 0 Å². The predicted octanol–water partition coefficient (Wildman–Crippen LogP) is 3.19. The number of rotatable bonds is 4. The number of nitrogens with one attached hydrogen (secondary N) is 1. The van der Waals surface area contributed by atoms with Crippen LogP contribution in [0.3, 0.4) is 0 Å². The highest BCUT2D eigenvalue weighted by Gasteiger charge is 2.13. The molecule has 1 fully saturated rings. The molecule has 19 heavy (non-hydrogen) atoms. The summed E-state index contributed by atoms with van der Waals surface area (Å²) in [6.45, 7) is 6.61. The van der Waals surface area contributed by atoms with Gasteiger partial charge in [0.15, 0.2) is 0 Å². The number of fused-ring (bicyclic) bond motifs is 1. The van der Waals surface area contributed by atoms with E-state index in [0.717, 1.165) is 18.1 Å². The van der Waals surface area contributed by atoms with Crippen LogP contribution in [-0.4, -0.2) is 22.1 Å². The first-order valence-corrected chi connectivity index (χ1v) is 7.39. The van der Waals surface area contributed by atoms with Gasteiger partial charge < -0.3 is 9.88 Å². The largest absolute Gasteiger partial charge is 0.331 e. The van der Waals surface area contributed by atoms with Crippen molar-refractivity contribution < 1.29 is 0 Å². The highest BCUT2D eigenvalue weighted by atomic mass is 15.0. The molecule has 1 atom stereocenters. The van der Waals surface area contributed by atoms with E-state index in [1.807, 2.05) is 6.33 Å². The Morgan fingerprint density at radius 2 is 2.16 bits per heavy atom. The van der Waals surface area contributed by atoms with Crippen LogP contribution < -0.4 is 5.32 Å². The summed E-state index contributed by atoms with van der Waals surface area (Å²) in [7, 11) is 0. The van der Waals surface area contributed by atoms with Crippen LogP contribution in [-0.2, 0) is 6.54 Å². The fraction of sp³-hybridized carbons (Fsp3) is 0.562. The SMILES string of the molecule is Cc1cc2ncn(CCCC3CCCN3)c2cc1C. The highest BCUT2D eigenvalue weighted by Crippen LogP contribution is 2.19. The van der Waals surface area contributed by atoms with E-state index in [9.17, 15) is 0 Å². The average molecular weight is 257 g/mol. The Bertz CT molecular complexity index is 565. The van der Waals surface area contributed by atoms with Crippen LogP contribution in [0.15, 0.2) is 18.5 Å². The summed E-state index contributed by atoms with van der Waals surface area (Å²) in [5.74, 6) is 0. The third kappa shape index (κ3) is 2.66. The lowest BCUT2D eigenvalue weighted by atomic mass is 10.1. The Morgan fingerprint density at radius 3 is 2.95 bits per heavy atom. The van der Waals surface area contributed by atoms with Crippen LogP contribution in [0, 0.1) is 13.8 Å². The van der Waals surface area contributed by atoms with Crippen LogP contribution >= 0.6 is 0 Å². The molecular formula is C16H23N3. The molecule has 0 saturated carbocycles. The van der Waals surface area contributed by atoms with Gasteiger partial charge in [-0.1, -0.05) is 0 Å². The van der Waals surface area contributed by atoms with E-state index in [1.165, 1.54) is 48.9 Å². The molecule has 0 aliphatic carbocycles. The molecule has 2 heterocycles. The van der Waals surface area contributed by atoms with Crippen molar-refractivity contribution in [2.75, 3.05) is 6.54 Å². The molecule has 0 bridgehead atoms. The van der Waals surface area contributed by atoms with Gasteiger partial charge in [0.25, 0.3) is 0 Å². The number of aromatic nitrogens is 2. The molecule has 1 unspecified atom stereocenters. The molecule has 1 aromatic heterocycles. The molecule has 1 saturated heterocycles. The van der Waals surface area contributed by atoms with Gasteiger partial charge in [-0.15, -0.1) is 0 Å². The Balaban J connectivity index is 1.68. The van der Waals surface area contributed by atoms with E-state index >= 15 is 0 Å². The summed E-state index contributed by atoms with van der Waals surface area (Å²) in [5, 5.41) is 3.57. The molecule has 0 amide bonds. The van der Waals surface area contributed by atoms with Gasteiger partial charge in [-0.25, -0.2) is 4.98 Å². The molecule has 3 nitrogen and oxygen atoms in total. The van der Waals surface area contributed by atoms with E-state index < -0.39 is 0 Å². The van der Waals surface area contributed by atoms with Crippen molar-refractivity contribution in [2.24, 2.45) is 0 Å². The third-order valence-electron chi connectivity index (χ3n) is 4.35. The van der Waals surface area contributed by atoms with Crippen LogP contribution in [0.5, 0.6) is 0 Å². The fourth-order valence-corrected chi connectivity index (χ4v) is 3.00. The number of imidazole rings is 1. The van der Waals surface area contributed by atoms with Gasteiger partial charge in [-0.05, 0) is 69.3 Å². The Morgan fingerprint density at radius 1 is 1.32 bits per heavy atom. The smallest absolute Gasteiger partial charge is 0.0958 e. The first-order chi connectivity index (χ1) is 9.24. The van der Waals surface area contributed by atoms with Crippen molar-refractivity contribution in [3.63, 3.8) is 0 Å². The zero-order valence-electron chi connectivity index (χ0n) is 11.9. The summed E-state index contributed by atoms with van der Waals surface area (Å²) in [5.41, 5.74) is 5.09. The number of benzene rings is 1. The molecule has 1 aliphatic heterocycles. The maximum Gasteiger partial charge on any atom is 0.0958 e. The quantitative estimate of drug-likeness (QED) is 0.911. The van der Waals surface area contributed by atoms with E-state index in [4.69, 9.17) is 0 Å². The maximum atomic E-state index is 4.52. The summed E-state index contributed by atoms with van der Waals surface area (Å²) < 4.78 is 2.30. The standard InChI is InChI=1S/C16H23N3/c1-12-9-15-16(10-13(12)2)19(11-18-15)8-4-6-14-5-3-7-17-14/h9-11,14,17H,3-8H2,1-2H3. The first kappa shape index (κ1) is 12.7. The maximum absolute atomic E-state index is 4.52. The lowest BCUT2D eigenvalue weighted by Crippen LogP contribution is -2.21. The molecule has 0 spiro atoms. The molecule has 102 valence electrons. The second kappa shape index (κ2) is 5.33. The van der Waals surface area contributed by atoms with Crippen LogP contribution in [0.4, 0.5) is 0 Å². The van der Waals surface area contributed by atoms with E-state index in [-0.39, 0.29) is 0 Å². The summed E-state index contributed by atoms with van der Waals surface area (Å²) in [4.78, 5) is 4.52. The molecule has 0 radical (unpaired) electrons. The van der Waals surface area contributed by atoms with Gasteiger partial charge in [0.05, 0.1) is 17.4 Å². The average Bonchev–Trinajstić information content (AvgIpc) is 3.02. The van der Waals surface area contributed by atoms with Gasteiger partial charge in [0.2, 0.25) is 0 Å². The van der Waals surface area contributed by atoms with Crippen molar-refractivity contribution >= 4 is 11.0 Å². The van der Waals surface area contributed by atoms with Crippen LogP contribution in [0.1, 0.15) is 36.8 Å². The number of hydrogen-bond acceptors (Lipinski definition) is 2. The lowest BCUT2D eigenvalue weighted by molar-refractivity contribution is 0.506. The molecule has 1 N–H and O–H groups in total. The monoisotopic (exact) mass is 257 g/mol. The van der Waals surface area contributed by atoms with Crippen molar-refractivity contribution in [3.8, 4) is 0 Å². The summed E-state index contributed by atoms with van der Waals surface area (Å²) in [6, 6.07) is 5.21. The van der Waals surface area contributed by atoms with Gasteiger partial charge in [0.1, 0.15) is 0 Å². The minimum absolute atomic E-state index is 0.749. The minimum Gasteiger partial charge on any atom is -0.331 e. The van der Waals surface area contributed by atoms with Gasteiger partial charge in [-0.3, -0.25) is 0 Å². The van der Waals surface area contributed by atoms with Crippen LogP contribution in [0.2, 0.25) is 0 Å². The van der Waals surface area contributed by atoms with Crippen molar-refractivity contribution in [3.05, 3.63) is 29.6 Å². The minimum atomic E-state index is 0.749. The second-order valence-corrected chi connectivity index (χ2v) is 5.80. The van der Waals surface area contributed by atoms with Crippen LogP contribution in [0.25, 0.3) is 11.0 Å². The van der Waals surface area contributed by atoms with Gasteiger partial charge >= 0.3 is 0 Å². The summed E-state index contributed by atoms with van der Waals surface area (Å²) >= 11 is 0. The molecule has 2 aromatic rings. The summed E-state index contributed by atoms with van der Waals surface area (Å²) in [6.07, 6.45) is 7.20. The molecule has 3 rings (SSSR count). The molecule has 3 heteroatoms. The van der Waals surface area contributed by atoms with Gasteiger partial charge in [-0.2, -0.15) is 0 Å². The Kier molecular flexibility index (Phi) is 3.56. The zero-order chi connectivity index (χ0) is 13.2. The fourth-order valence-electron chi connectivity index (χ4n) is 3.00. The van der Waals surface area contributed by atoms with E-state index in [2.05, 4.69) is 40.8 Å². The number of aryl methyl sites for hydroxylation is 3. The highest BCUT2D eigenvalue weighted by molar-refractivity contribution is 5.77. The number of hydrogen-bond donors (Lipinski definition) is 1. The van der Waals surface area contributed by atoms with E-state index in [0.29, 0.717) is 0 Å². The normalized spacial score (nSPS) is 19.4. The van der Waals surface area contributed by atoms with Crippen molar-refractivity contribution in [2.45, 2.75) is 52.1 Å². The molecule has 1 aliphatic rings. The predicted molar refractivity (Wildman–Crippen MR) is 79.5 cm³/mol. The Labute approximate surface area is 115 Å². The van der Waals surface area contributed by atoms with Gasteiger partial charge in [0, 0.05) is 12.6 Å². The topological polar surface area (TPSA) is 29.9 Å².